The topological polar surface area (TPSA) is 102 Å². The van der Waals surface area contributed by atoms with Crippen LogP contribution >= 0.6 is 0 Å². The molecular formula is C21H19NO5. The maximum Gasteiger partial charge on any atom is 0.343 e. The van der Waals surface area contributed by atoms with Crippen LogP contribution in [-0.4, -0.2) is 16.2 Å². The van der Waals surface area contributed by atoms with Crippen LogP contribution in [0, 0.1) is 0 Å². The zero-order valence-electron chi connectivity index (χ0n) is 14.4. The van der Waals surface area contributed by atoms with Gasteiger partial charge in [0, 0.05) is 0 Å². The Morgan fingerprint density at radius 1 is 0.778 bits per heavy atom. The number of hydrogen-bond donors (Lipinski definition) is 3. The molecule has 3 aromatic carbocycles. The van der Waals surface area contributed by atoms with Gasteiger partial charge in [0.1, 0.15) is 0 Å². The lowest BCUT2D eigenvalue weighted by molar-refractivity contribution is -0.162. The van der Waals surface area contributed by atoms with E-state index in [4.69, 9.17) is 15.5 Å². The Balaban J connectivity index is 1.90. The molecule has 0 aliphatic rings. The number of ether oxygens (including phenoxy) is 1. The van der Waals surface area contributed by atoms with Crippen molar-refractivity contribution in [2.24, 2.45) is 5.90 Å². The van der Waals surface area contributed by atoms with Gasteiger partial charge in [-0.1, -0.05) is 66.7 Å². The second-order valence-corrected chi connectivity index (χ2v) is 5.90. The van der Waals surface area contributed by atoms with Gasteiger partial charge in [0.15, 0.2) is 17.6 Å². The first-order valence-corrected chi connectivity index (χ1v) is 8.28. The highest BCUT2D eigenvalue weighted by molar-refractivity contribution is 5.77. The second-order valence-electron chi connectivity index (χ2n) is 5.90. The number of carbonyl (C=O) groups is 1. The number of nitrogens with two attached hydrogens (primary N) is 1. The van der Waals surface area contributed by atoms with Gasteiger partial charge in [-0.05, 0) is 28.8 Å². The first-order chi connectivity index (χ1) is 13.1. The third kappa shape index (κ3) is 4.25. The van der Waals surface area contributed by atoms with Crippen LogP contribution in [0.15, 0.2) is 78.9 Å². The van der Waals surface area contributed by atoms with Crippen molar-refractivity contribution in [2.45, 2.75) is 12.2 Å². The van der Waals surface area contributed by atoms with Crippen molar-refractivity contribution in [3.63, 3.8) is 0 Å². The average molecular weight is 365 g/mol. The summed E-state index contributed by atoms with van der Waals surface area (Å²) in [5.41, 5.74) is 1.85. The molecular weight excluding hydrogens is 346 g/mol. The molecule has 0 spiro atoms. The molecule has 0 heterocycles. The van der Waals surface area contributed by atoms with Gasteiger partial charge in [0.05, 0.1) is 0 Å². The SMILES string of the molecule is NO[C@H](C(=O)OC(c1ccccc1)c1ccccc1)c1ccc(O)c(O)c1. The quantitative estimate of drug-likeness (QED) is 0.352. The molecule has 0 saturated heterocycles. The number of phenols is 2. The molecule has 0 saturated carbocycles. The Morgan fingerprint density at radius 2 is 1.33 bits per heavy atom. The number of benzene rings is 3. The summed E-state index contributed by atoms with van der Waals surface area (Å²) in [5.74, 6) is 3.88. The minimum absolute atomic E-state index is 0.262. The lowest BCUT2D eigenvalue weighted by Gasteiger charge is -2.22. The Bertz CT molecular complexity index is 859. The van der Waals surface area contributed by atoms with E-state index in [0.29, 0.717) is 0 Å². The molecule has 138 valence electrons. The second kappa shape index (κ2) is 8.35. The summed E-state index contributed by atoms with van der Waals surface area (Å²) in [4.78, 5) is 17.6. The number of aromatic hydroxyl groups is 2. The van der Waals surface area contributed by atoms with Crippen molar-refractivity contribution >= 4 is 5.97 Å². The van der Waals surface area contributed by atoms with Gasteiger partial charge in [-0.15, -0.1) is 0 Å². The number of phenolic OH excluding ortho intramolecular Hbond substituents is 2. The standard InChI is InChI=1S/C21H19NO5/c22-27-20(16-11-12-17(23)18(24)13-16)21(25)26-19(14-7-3-1-4-8-14)15-9-5-2-6-10-15/h1-13,19-20,23-24H,22H2/t20-/m0/s1. The van der Waals surface area contributed by atoms with Crippen LogP contribution in [0.5, 0.6) is 11.5 Å². The number of esters is 1. The molecule has 3 aromatic rings. The largest absolute Gasteiger partial charge is 0.504 e. The van der Waals surface area contributed by atoms with Crippen molar-refractivity contribution in [3.05, 3.63) is 95.6 Å². The molecule has 4 N–H and O–H groups in total. The van der Waals surface area contributed by atoms with Gasteiger partial charge in [0.25, 0.3) is 0 Å². The summed E-state index contributed by atoms with van der Waals surface area (Å²) in [6.07, 6.45) is -1.91. The molecule has 0 amide bonds. The third-order valence-electron chi connectivity index (χ3n) is 4.09. The lowest BCUT2D eigenvalue weighted by Crippen LogP contribution is -2.24. The number of carbonyl (C=O) groups excluding carboxylic acids is 1. The molecule has 0 aliphatic heterocycles. The Morgan fingerprint density at radius 3 is 1.81 bits per heavy atom. The van der Waals surface area contributed by atoms with Crippen molar-refractivity contribution in [2.75, 3.05) is 0 Å². The third-order valence-corrected chi connectivity index (χ3v) is 4.09. The highest BCUT2D eigenvalue weighted by Crippen LogP contribution is 2.32. The van der Waals surface area contributed by atoms with Gasteiger partial charge in [-0.25, -0.2) is 10.7 Å². The van der Waals surface area contributed by atoms with Gasteiger partial charge in [0.2, 0.25) is 6.10 Å². The molecule has 1 atom stereocenters. The van der Waals surface area contributed by atoms with Gasteiger partial charge < -0.3 is 14.9 Å². The summed E-state index contributed by atoms with van der Waals surface area (Å²) in [5, 5.41) is 19.1. The van der Waals surface area contributed by atoms with Crippen LogP contribution in [0.3, 0.4) is 0 Å². The fraction of sp³-hybridized carbons (Fsp3) is 0.0952. The summed E-state index contributed by atoms with van der Waals surface area (Å²) in [7, 11) is 0. The van der Waals surface area contributed by atoms with E-state index in [9.17, 15) is 15.0 Å². The van der Waals surface area contributed by atoms with E-state index in [-0.39, 0.29) is 17.1 Å². The van der Waals surface area contributed by atoms with E-state index in [2.05, 4.69) is 0 Å². The molecule has 0 radical (unpaired) electrons. The summed E-state index contributed by atoms with van der Waals surface area (Å²) < 4.78 is 5.71. The fourth-order valence-electron chi connectivity index (χ4n) is 2.74. The first kappa shape index (κ1) is 18.4. The minimum Gasteiger partial charge on any atom is -0.504 e. The highest BCUT2D eigenvalue weighted by atomic mass is 16.7. The van der Waals surface area contributed by atoms with Gasteiger partial charge in [-0.3, -0.25) is 4.84 Å². The molecule has 0 fully saturated rings. The van der Waals surface area contributed by atoms with E-state index < -0.39 is 18.2 Å². The monoisotopic (exact) mass is 365 g/mol. The van der Waals surface area contributed by atoms with Crippen LogP contribution < -0.4 is 5.90 Å². The smallest absolute Gasteiger partial charge is 0.343 e. The summed E-state index contributed by atoms with van der Waals surface area (Å²) >= 11 is 0. The number of hydrogen-bond acceptors (Lipinski definition) is 6. The van der Waals surface area contributed by atoms with Gasteiger partial charge >= 0.3 is 5.97 Å². The first-order valence-electron chi connectivity index (χ1n) is 8.28. The maximum atomic E-state index is 12.8. The molecule has 0 aromatic heterocycles. The van der Waals surface area contributed by atoms with Crippen molar-refractivity contribution in [1.82, 2.24) is 0 Å². The van der Waals surface area contributed by atoms with Crippen LogP contribution in [0.2, 0.25) is 0 Å². The van der Waals surface area contributed by atoms with E-state index in [0.717, 1.165) is 11.1 Å². The van der Waals surface area contributed by atoms with Crippen molar-refractivity contribution in [3.8, 4) is 11.5 Å². The molecule has 0 unspecified atom stereocenters. The maximum absolute atomic E-state index is 12.8. The Hall–Kier alpha value is -3.35. The molecule has 0 aliphatic carbocycles. The number of rotatable bonds is 6. The molecule has 6 heteroatoms. The predicted octanol–water partition coefficient (Wildman–Crippen LogP) is 3.36. The Labute approximate surface area is 156 Å². The zero-order valence-corrected chi connectivity index (χ0v) is 14.4. The van der Waals surface area contributed by atoms with E-state index in [1.807, 2.05) is 60.7 Å². The summed E-state index contributed by atoms with van der Waals surface area (Å²) in [6, 6.07) is 22.5. The predicted molar refractivity (Wildman–Crippen MR) is 98.6 cm³/mol. The van der Waals surface area contributed by atoms with Crippen LogP contribution in [0.1, 0.15) is 28.9 Å². The minimum atomic E-state index is -1.26. The molecule has 27 heavy (non-hydrogen) atoms. The Kier molecular flexibility index (Phi) is 5.71. The van der Waals surface area contributed by atoms with Crippen LogP contribution in [-0.2, 0) is 14.4 Å². The van der Waals surface area contributed by atoms with Crippen LogP contribution in [0.25, 0.3) is 0 Å². The highest BCUT2D eigenvalue weighted by Gasteiger charge is 2.28. The molecule has 3 rings (SSSR count). The summed E-state index contributed by atoms with van der Waals surface area (Å²) in [6.45, 7) is 0. The lowest BCUT2D eigenvalue weighted by atomic mass is 10.0. The van der Waals surface area contributed by atoms with Crippen LogP contribution in [0.4, 0.5) is 0 Å². The van der Waals surface area contributed by atoms with Crippen molar-refractivity contribution in [1.29, 1.82) is 0 Å². The van der Waals surface area contributed by atoms with E-state index >= 15 is 0 Å². The normalized spacial score (nSPS) is 11.9. The molecule has 6 nitrogen and oxygen atoms in total. The fourth-order valence-corrected chi connectivity index (χ4v) is 2.74. The van der Waals surface area contributed by atoms with Crippen molar-refractivity contribution < 1.29 is 24.6 Å². The molecule has 0 bridgehead atoms. The van der Waals surface area contributed by atoms with E-state index in [1.165, 1.54) is 18.2 Å². The van der Waals surface area contributed by atoms with Gasteiger partial charge in [-0.2, -0.15) is 0 Å². The zero-order chi connectivity index (χ0) is 19.2. The van der Waals surface area contributed by atoms with E-state index in [1.54, 1.807) is 0 Å². The average Bonchev–Trinajstić information content (AvgIpc) is 2.70.